The predicted octanol–water partition coefficient (Wildman–Crippen LogP) is 1.91. The van der Waals surface area contributed by atoms with Gasteiger partial charge in [-0.15, -0.1) is 0 Å². The van der Waals surface area contributed by atoms with E-state index in [0.717, 1.165) is 37.8 Å². The zero-order valence-corrected chi connectivity index (χ0v) is 14.6. The number of pyridine rings is 1. The van der Waals surface area contributed by atoms with Crippen LogP contribution in [0.3, 0.4) is 0 Å². The van der Waals surface area contributed by atoms with E-state index in [1.807, 2.05) is 24.4 Å². The second-order valence-corrected chi connectivity index (χ2v) is 6.21. The van der Waals surface area contributed by atoms with Crippen LogP contribution in [0.2, 0.25) is 5.02 Å². The molecule has 4 rings (SSSR count). The molecule has 8 nitrogen and oxygen atoms in total. The van der Waals surface area contributed by atoms with Gasteiger partial charge in [-0.25, -0.2) is 19.6 Å². The lowest BCUT2D eigenvalue weighted by molar-refractivity contribution is 0.640. The Hall–Kier alpha value is -3.18. The Kier molecular flexibility index (Phi) is 4.37. The maximum Gasteiger partial charge on any atom is 0.158 e. The zero-order valence-electron chi connectivity index (χ0n) is 13.8. The number of halogens is 1. The lowest BCUT2D eigenvalue weighted by Crippen LogP contribution is -2.47. The standard InChI is InChI=1S/C17H15ClN8/c18-14-8-13(10-19)11-20-17(14)25-6-4-24(5-7-25)15-9-16(22-12-21-15)26-3-1-2-23-26/h1-3,8-9,11-12H,4-7H2. The highest BCUT2D eigenvalue weighted by Crippen LogP contribution is 2.26. The largest absolute Gasteiger partial charge is 0.353 e. The summed E-state index contributed by atoms with van der Waals surface area (Å²) in [7, 11) is 0. The van der Waals surface area contributed by atoms with Crippen LogP contribution in [-0.2, 0) is 0 Å². The first-order valence-corrected chi connectivity index (χ1v) is 8.50. The fourth-order valence-electron chi connectivity index (χ4n) is 2.91. The van der Waals surface area contributed by atoms with Gasteiger partial charge in [-0.2, -0.15) is 10.4 Å². The van der Waals surface area contributed by atoms with Gasteiger partial charge in [0.25, 0.3) is 0 Å². The summed E-state index contributed by atoms with van der Waals surface area (Å²) in [5.74, 6) is 2.31. The van der Waals surface area contributed by atoms with Crippen molar-refractivity contribution in [3.63, 3.8) is 0 Å². The minimum absolute atomic E-state index is 0.463. The van der Waals surface area contributed by atoms with Crippen LogP contribution in [0.25, 0.3) is 5.82 Å². The molecule has 0 aromatic carbocycles. The van der Waals surface area contributed by atoms with Crippen molar-refractivity contribution in [1.82, 2.24) is 24.7 Å². The second-order valence-electron chi connectivity index (χ2n) is 5.80. The summed E-state index contributed by atoms with van der Waals surface area (Å²) in [6.45, 7) is 3.10. The third kappa shape index (κ3) is 3.17. The highest BCUT2D eigenvalue weighted by Gasteiger charge is 2.21. The molecule has 0 spiro atoms. The van der Waals surface area contributed by atoms with Crippen LogP contribution in [0.5, 0.6) is 0 Å². The Balaban J connectivity index is 1.47. The molecule has 0 amide bonds. The van der Waals surface area contributed by atoms with E-state index < -0.39 is 0 Å². The number of rotatable bonds is 3. The van der Waals surface area contributed by atoms with Crippen molar-refractivity contribution in [3.8, 4) is 11.9 Å². The summed E-state index contributed by atoms with van der Waals surface area (Å²) in [6, 6.07) is 7.48. The fraction of sp³-hybridized carbons (Fsp3) is 0.235. The molecule has 1 aliphatic heterocycles. The lowest BCUT2D eigenvalue weighted by atomic mass is 10.2. The molecule has 1 fully saturated rings. The van der Waals surface area contributed by atoms with Gasteiger partial charge in [0.05, 0.1) is 10.6 Å². The van der Waals surface area contributed by atoms with Crippen molar-refractivity contribution in [2.45, 2.75) is 0 Å². The first-order chi connectivity index (χ1) is 12.7. The molecular weight excluding hydrogens is 352 g/mol. The van der Waals surface area contributed by atoms with Crippen molar-refractivity contribution in [2.75, 3.05) is 36.0 Å². The average molecular weight is 367 g/mol. The van der Waals surface area contributed by atoms with Crippen LogP contribution in [0.15, 0.2) is 43.1 Å². The van der Waals surface area contributed by atoms with Crippen LogP contribution in [0.1, 0.15) is 5.56 Å². The molecule has 1 saturated heterocycles. The van der Waals surface area contributed by atoms with Gasteiger partial charge in [0.1, 0.15) is 24.0 Å². The van der Waals surface area contributed by atoms with E-state index in [1.165, 1.54) is 0 Å². The third-order valence-corrected chi connectivity index (χ3v) is 4.51. The summed E-state index contributed by atoms with van der Waals surface area (Å²) in [6.07, 6.45) is 6.67. The molecule has 0 bridgehead atoms. The molecule has 130 valence electrons. The van der Waals surface area contributed by atoms with E-state index in [0.29, 0.717) is 16.4 Å². The minimum Gasteiger partial charge on any atom is -0.353 e. The molecule has 0 saturated carbocycles. The van der Waals surface area contributed by atoms with Gasteiger partial charge in [0.15, 0.2) is 5.82 Å². The monoisotopic (exact) mass is 366 g/mol. The Morgan fingerprint density at radius 3 is 2.46 bits per heavy atom. The van der Waals surface area contributed by atoms with E-state index in [4.69, 9.17) is 16.9 Å². The Morgan fingerprint density at radius 1 is 1.00 bits per heavy atom. The molecule has 26 heavy (non-hydrogen) atoms. The molecule has 1 aliphatic rings. The van der Waals surface area contributed by atoms with E-state index in [1.54, 1.807) is 29.5 Å². The van der Waals surface area contributed by atoms with Crippen molar-refractivity contribution < 1.29 is 0 Å². The molecule has 0 unspecified atom stereocenters. The van der Waals surface area contributed by atoms with Crippen LogP contribution in [0, 0.1) is 11.3 Å². The van der Waals surface area contributed by atoms with Crippen molar-refractivity contribution in [1.29, 1.82) is 5.26 Å². The molecular formula is C17H15ClN8. The first-order valence-electron chi connectivity index (χ1n) is 8.12. The summed E-state index contributed by atoms with van der Waals surface area (Å²) in [5.41, 5.74) is 0.463. The number of anilines is 2. The summed E-state index contributed by atoms with van der Waals surface area (Å²) in [5, 5.41) is 13.6. The quantitative estimate of drug-likeness (QED) is 0.699. The molecule has 0 atom stereocenters. The van der Waals surface area contributed by atoms with Gasteiger partial charge in [-0.3, -0.25) is 0 Å². The van der Waals surface area contributed by atoms with Crippen molar-refractivity contribution >= 4 is 23.2 Å². The fourth-order valence-corrected chi connectivity index (χ4v) is 3.20. The van der Waals surface area contributed by atoms with Crippen LogP contribution in [-0.4, -0.2) is 50.9 Å². The molecule has 0 N–H and O–H groups in total. The topological polar surface area (TPSA) is 86.8 Å². The number of aromatic nitrogens is 5. The van der Waals surface area contributed by atoms with Crippen LogP contribution < -0.4 is 9.80 Å². The van der Waals surface area contributed by atoms with Gasteiger partial charge in [-0.1, -0.05) is 11.6 Å². The first kappa shape index (κ1) is 16.3. The van der Waals surface area contributed by atoms with Crippen molar-refractivity contribution in [2.24, 2.45) is 0 Å². The number of hydrogen-bond acceptors (Lipinski definition) is 7. The Morgan fingerprint density at radius 2 is 1.77 bits per heavy atom. The molecule has 9 heteroatoms. The van der Waals surface area contributed by atoms with Gasteiger partial charge in [0.2, 0.25) is 0 Å². The van der Waals surface area contributed by atoms with Crippen molar-refractivity contribution in [3.05, 3.63) is 53.7 Å². The van der Waals surface area contributed by atoms with Gasteiger partial charge in [-0.05, 0) is 12.1 Å². The minimum atomic E-state index is 0.463. The van der Waals surface area contributed by atoms with Crippen LogP contribution >= 0.6 is 11.6 Å². The molecule has 0 aliphatic carbocycles. The van der Waals surface area contributed by atoms with Gasteiger partial charge in [0, 0.05) is 50.8 Å². The van der Waals surface area contributed by atoms with E-state index in [-0.39, 0.29) is 0 Å². The van der Waals surface area contributed by atoms with E-state index in [9.17, 15) is 0 Å². The van der Waals surface area contributed by atoms with Gasteiger partial charge < -0.3 is 9.80 Å². The van der Waals surface area contributed by atoms with E-state index in [2.05, 4.69) is 29.9 Å². The number of nitriles is 1. The lowest BCUT2D eigenvalue weighted by Gasteiger charge is -2.36. The summed E-state index contributed by atoms with van der Waals surface area (Å²) < 4.78 is 1.71. The summed E-state index contributed by atoms with van der Waals surface area (Å²) in [4.78, 5) is 17.3. The Labute approximate surface area is 155 Å². The maximum atomic E-state index is 8.93. The second kappa shape index (κ2) is 6.98. The van der Waals surface area contributed by atoms with Gasteiger partial charge >= 0.3 is 0 Å². The SMILES string of the molecule is N#Cc1cnc(N2CCN(c3cc(-n4cccn4)ncn3)CC2)c(Cl)c1. The normalized spacial score (nSPS) is 14.3. The highest BCUT2D eigenvalue weighted by atomic mass is 35.5. The molecule has 0 radical (unpaired) electrons. The number of hydrogen-bond donors (Lipinski definition) is 0. The zero-order chi connectivity index (χ0) is 17.9. The maximum absolute atomic E-state index is 8.93. The average Bonchev–Trinajstić information content (AvgIpc) is 3.23. The smallest absolute Gasteiger partial charge is 0.158 e. The molecule has 3 aromatic heterocycles. The van der Waals surface area contributed by atoms with E-state index >= 15 is 0 Å². The molecule has 3 aromatic rings. The Bertz CT molecular complexity index is 942. The third-order valence-electron chi connectivity index (χ3n) is 4.23. The number of nitrogens with zero attached hydrogens (tertiary/aromatic N) is 8. The van der Waals surface area contributed by atoms with Crippen LogP contribution in [0.4, 0.5) is 11.6 Å². The highest BCUT2D eigenvalue weighted by molar-refractivity contribution is 6.33. The number of piperazine rings is 1. The predicted molar refractivity (Wildman–Crippen MR) is 97.5 cm³/mol. The summed E-state index contributed by atoms with van der Waals surface area (Å²) >= 11 is 6.27. The molecule has 4 heterocycles.